The fourth-order valence-corrected chi connectivity index (χ4v) is 11.3. The average Bonchev–Trinajstić information content (AvgIpc) is 4.07. The minimum Gasteiger partial charge on any atom is -0.456 e. The van der Waals surface area contributed by atoms with E-state index in [1.807, 2.05) is 34.8 Å². The molecule has 6 aromatic heterocycles. The van der Waals surface area contributed by atoms with Crippen LogP contribution in [-0.4, -0.2) is 9.13 Å². The molecule has 0 N–H and O–H groups in total. The molecular weight excluding hydrogens is 717 g/mol. The van der Waals surface area contributed by atoms with Gasteiger partial charge < -0.3 is 13.6 Å². The molecule has 0 saturated heterocycles. The molecule has 12 rings (SSSR count). The summed E-state index contributed by atoms with van der Waals surface area (Å²) >= 11 is 5.53. The molecule has 6 aromatic carbocycles. The Morgan fingerprint density at radius 1 is 0.389 bits per heavy atom. The van der Waals surface area contributed by atoms with Crippen LogP contribution in [0.3, 0.4) is 0 Å². The first-order chi connectivity index (χ1) is 26.8. The topological polar surface area (TPSA) is 23.0 Å². The molecule has 0 bridgehead atoms. The smallest absolute Gasteiger partial charge is 0.135 e. The molecule has 0 saturated carbocycles. The van der Waals surface area contributed by atoms with E-state index in [0.29, 0.717) is 0 Å². The maximum absolute atomic E-state index is 6.24. The molecule has 54 heavy (non-hydrogen) atoms. The number of rotatable bonds is 5. The molecule has 254 valence electrons. The predicted octanol–water partition coefficient (Wildman–Crippen LogP) is 15.0. The summed E-state index contributed by atoms with van der Waals surface area (Å²) in [6, 6.07) is 59.6. The molecule has 0 aliphatic carbocycles. The molecule has 0 unspecified atom stereocenters. The number of aromatic nitrogens is 2. The molecule has 6 heterocycles. The van der Waals surface area contributed by atoms with Gasteiger partial charge >= 0.3 is 0 Å². The first kappa shape index (κ1) is 30.3. The Morgan fingerprint density at radius 3 is 1.83 bits per heavy atom. The van der Waals surface area contributed by atoms with E-state index in [2.05, 4.69) is 166 Å². The van der Waals surface area contributed by atoms with Crippen molar-refractivity contribution in [1.29, 1.82) is 0 Å². The van der Waals surface area contributed by atoms with Crippen LogP contribution in [0.4, 0.5) is 0 Å². The number of benzene rings is 6. The van der Waals surface area contributed by atoms with Crippen molar-refractivity contribution in [3.63, 3.8) is 0 Å². The molecule has 3 nitrogen and oxygen atoms in total. The van der Waals surface area contributed by atoms with E-state index < -0.39 is 0 Å². The van der Waals surface area contributed by atoms with Gasteiger partial charge in [0.15, 0.2) is 0 Å². The van der Waals surface area contributed by atoms with Gasteiger partial charge in [-0.2, -0.15) is 0 Å². The molecule has 0 radical (unpaired) electrons. The highest BCUT2D eigenvalue weighted by Crippen LogP contribution is 2.44. The summed E-state index contributed by atoms with van der Waals surface area (Å²) in [6.07, 6.45) is 0. The molecule has 0 spiro atoms. The van der Waals surface area contributed by atoms with Crippen LogP contribution in [-0.2, 0) is 0 Å². The van der Waals surface area contributed by atoms with Crippen LogP contribution in [0.15, 0.2) is 174 Å². The number of para-hydroxylation sites is 3. The second-order valence-corrected chi connectivity index (χ2v) is 16.8. The predicted molar refractivity (Wildman–Crippen MR) is 232 cm³/mol. The lowest BCUT2D eigenvalue weighted by molar-refractivity contribution is 0.669. The van der Waals surface area contributed by atoms with Crippen molar-refractivity contribution >= 4 is 99.6 Å². The minimum absolute atomic E-state index is 0.902. The lowest BCUT2D eigenvalue weighted by Gasteiger charge is -2.11. The maximum Gasteiger partial charge on any atom is 0.135 e. The van der Waals surface area contributed by atoms with Gasteiger partial charge in [-0.25, -0.2) is 0 Å². The summed E-state index contributed by atoms with van der Waals surface area (Å²) in [5, 5.41) is 9.38. The number of hydrogen-bond donors (Lipinski definition) is 0. The fraction of sp³-hybridized carbons (Fsp3) is 0. The number of thiophene rings is 3. The first-order valence-electron chi connectivity index (χ1n) is 18.0. The van der Waals surface area contributed by atoms with Crippen LogP contribution in [0.25, 0.3) is 107 Å². The van der Waals surface area contributed by atoms with Crippen molar-refractivity contribution in [3.05, 3.63) is 169 Å². The molecule has 0 atom stereocenters. The molecule has 0 fully saturated rings. The number of nitrogens with zero attached hydrogens (tertiary/aromatic N) is 2. The summed E-state index contributed by atoms with van der Waals surface area (Å²) < 4.78 is 11.1. The van der Waals surface area contributed by atoms with Crippen LogP contribution in [0, 0.1) is 0 Å². The summed E-state index contributed by atoms with van der Waals surface area (Å²) in [4.78, 5) is 6.56. The van der Waals surface area contributed by atoms with Gasteiger partial charge in [-0.3, -0.25) is 0 Å². The van der Waals surface area contributed by atoms with Crippen molar-refractivity contribution in [2.24, 2.45) is 0 Å². The second-order valence-electron chi connectivity index (χ2n) is 13.7. The Balaban J connectivity index is 1.02. The quantitative estimate of drug-likeness (QED) is 0.172. The lowest BCUT2D eigenvalue weighted by atomic mass is 10.1. The van der Waals surface area contributed by atoms with E-state index >= 15 is 0 Å². The zero-order valence-corrected chi connectivity index (χ0v) is 31.1. The minimum atomic E-state index is 0.902. The van der Waals surface area contributed by atoms with Gasteiger partial charge in [0.2, 0.25) is 0 Å². The largest absolute Gasteiger partial charge is 0.456 e. The van der Waals surface area contributed by atoms with E-state index in [0.717, 1.165) is 33.3 Å². The second kappa shape index (κ2) is 11.7. The molecule has 0 aliphatic heterocycles. The monoisotopic (exact) mass is 744 g/mol. The highest BCUT2D eigenvalue weighted by Gasteiger charge is 2.21. The Kier molecular flexibility index (Phi) is 6.54. The molecule has 12 aromatic rings. The molecular formula is C48H28N2OS3. The van der Waals surface area contributed by atoms with Gasteiger partial charge in [0, 0.05) is 68.1 Å². The normalized spacial score (nSPS) is 12.1. The van der Waals surface area contributed by atoms with E-state index in [-0.39, 0.29) is 0 Å². The van der Waals surface area contributed by atoms with Gasteiger partial charge in [-0.15, -0.1) is 34.0 Å². The summed E-state index contributed by atoms with van der Waals surface area (Å²) in [6.45, 7) is 0. The molecule has 0 aliphatic rings. The Bertz CT molecular complexity index is 3390. The van der Waals surface area contributed by atoms with Gasteiger partial charge in [0.05, 0.1) is 22.1 Å². The average molecular weight is 745 g/mol. The highest BCUT2D eigenvalue weighted by molar-refractivity contribution is 7.27. The van der Waals surface area contributed by atoms with E-state index in [1.54, 1.807) is 11.3 Å². The third kappa shape index (κ3) is 4.45. The molecule has 6 heteroatoms. The Hall–Kier alpha value is -6.18. The van der Waals surface area contributed by atoms with Crippen molar-refractivity contribution < 1.29 is 4.42 Å². The van der Waals surface area contributed by atoms with Crippen LogP contribution in [0.2, 0.25) is 0 Å². The lowest BCUT2D eigenvalue weighted by Crippen LogP contribution is -1.95. The van der Waals surface area contributed by atoms with Crippen LogP contribution in [0.5, 0.6) is 0 Å². The van der Waals surface area contributed by atoms with E-state index in [9.17, 15) is 0 Å². The summed E-state index contributed by atoms with van der Waals surface area (Å²) in [5.41, 5.74) is 10.1. The van der Waals surface area contributed by atoms with Crippen LogP contribution >= 0.6 is 34.0 Å². The zero-order chi connectivity index (χ0) is 35.3. The number of furan rings is 1. The Morgan fingerprint density at radius 2 is 1.04 bits per heavy atom. The standard InChI is InChI=1S/C48H28N2OS3/c1-4-11-37-32(8-1)34-20-21-39-47(48(34)50(37)31-19-22-41-36(28-31)33-9-3-6-13-40(33)51-41)35-10-2-5-12-38(35)49(39)30-17-15-29(16-18-30)42-23-24-45(53-42)46-26-25-44(54-46)43-14-7-27-52-43/h1-28H. The zero-order valence-electron chi connectivity index (χ0n) is 28.7. The van der Waals surface area contributed by atoms with Crippen molar-refractivity contribution in [2.75, 3.05) is 0 Å². The maximum atomic E-state index is 6.24. The summed E-state index contributed by atoms with van der Waals surface area (Å²) in [7, 11) is 0. The van der Waals surface area contributed by atoms with Gasteiger partial charge in [0.25, 0.3) is 0 Å². The van der Waals surface area contributed by atoms with Crippen molar-refractivity contribution in [2.45, 2.75) is 0 Å². The SMILES string of the molecule is c1csc(-c2ccc(-c3ccc(-c4ccc(-n5c6ccccc6c6c5ccc5c7ccccc7n(-c7ccc8oc9ccccc9c8c7)c56)cc4)s3)s2)c1. The first-order valence-corrected chi connectivity index (χ1v) is 20.5. The Labute approximate surface area is 321 Å². The fourth-order valence-electron chi connectivity index (χ4n) is 8.33. The molecule has 0 amide bonds. The van der Waals surface area contributed by atoms with Gasteiger partial charge in [-0.05, 0) is 95.9 Å². The van der Waals surface area contributed by atoms with Gasteiger partial charge in [0.1, 0.15) is 11.2 Å². The van der Waals surface area contributed by atoms with E-state index in [4.69, 9.17) is 4.42 Å². The van der Waals surface area contributed by atoms with Crippen molar-refractivity contribution in [1.82, 2.24) is 9.13 Å². The third-order valence-corrected chi connectivity index (χ3v) is 14.2. The summed E-state index contributed by atoms with van der Waals surface area (Å²) in [5.74, 6) is 0. The van der Waals surface area contributed by atoms with Crippen molar-refractivity contribution in [3.8, 4) is 41.3 Å². The highest BCUT2D eigenvalue weighted by atomic mass is 32.1. The van der Waals surface area contributed by atoms with Crippen LogP contribution in [0.1, 0.15) is 0 Å². The number of fused-ring (bicyclic) bond motifs is 10. The van der Waals surface area contributed by atoms with Crippen LogP contribution < -0.4 is 0 Å². The van der Waals surface area contributed by atoms with E-state index in [1.165, 1.54) is 73.6 Å². The number of hydrogen-bond acceptors (Lipinski definition) is 4. The van der Waals surface area contributed by atoms with Gasteiger partial charge in [-0.1, -0.05) is 78.9 Å². The third-order valence-electron chi connectivity index (χ3n) is 10.7.